The largest absolute Gasteiger partial charge is 0.496 e. The van der Waals surface area contributed by atoms with Crippen molar-refractivity contribution in [2.45, 2.75) is 20.8 Å². The van der Waals surface area contributed by atoms with Crippen LogP contribution in [0.5, 0.6) is 5.75 Å². The first-order chi connectivity index (χ1) is 6.60. The molecule has 0 aliphatic rings. The molecule has 0 fully saturated rings. The fourth-order valence-electron chi connectivity index (χ4n) is 1.54. The summed E-state index contributed by atoms with van der Waals surface area (Å²) < 4.78 is 5.24. The first kappa shape index (κ1) is 10.6. The number of rotatable bonds is 2. The Morgan fingerprint density at radius 2 is 1.79 bits per heavy atom. The molecule has 1 rings (SSSR count). The lowest BCUT2D eigenvalue weighted by Gasteiger charge is -2.10. The summed E-state index contributed by atoms with van der Waals surface area (Å²) in [4.78, 5) is 0. The molecule has 0 amide bonds. The molecule has 0 saturated carbocycles. The highest BCUT2D eigenvalue weighted by Crippen LogP contribution is 2.24. The maximum absolute atomic E-state index is 8.65. The van der Waals surface area contributed by atoms with E-state index in [0.29, 0.717) is 5.71 Å². The smallest absolute Gasteiger partial charge is 0.124 e. The number of methoxy groups -OCH3 is 1. The van der Waals surface area contributed by atoms with E-state index in [1.165, 1.54) is 0 Å². The zero-order chi connectivity index (χ0) is 10.7. The fraction of sp³-hybridized carbons (Fsp3) is 0.364. The van der Waals surface area contributed by atoms with E-state index in [0.717, 1.165) is 22.4 Å². The third kappa shape index (κ3) is 1.87. The van der Waals surface area contributed by atoms with Crippen molar-refractivity contribution in [3.63, 3.8) is 0 Å². The maximum atomic E-state index is 8.65. The average molecular weight is 193 g/mol. The number of benzene rings is 1. The van der Waals surface area contributed by atoms with Crippen molar-refractivity contribution in [2.24, 2.45) is 5.16 Å². The molecular weight excluding hydrogens is 178 g/mol. The molecule has 0 bridgehead atoms. The van der Waals surface area contributed by atoms with Gasteiger partial charge in [-0.3, -0.25) is 0 Å². The Morgan fingerprint density at radius 3 is 2.14 bits per heavy atom. The Bertz CT molecular complexity index is 347. The van der Waals surface area contributed by atoms with Gasteiger partial charge in [-0.1, -0.05) is 5.16 Å². The van der Waals surface area contributed by atoms with Gasteiger partial charge in [0.05, 0.1) is 12.8 Å². The quantitative estimate of drug-likeness (QED) is 0.445. The molecule has 0 radical (unpaired) electrons. The van der Waals surface area contributed by atoms with Gasteiger partial charge in [0.2, 0.25) is 0 Å². The molecular formula is C11H15NO2. The molecule has 0 saturated heterocycles. The van der Waals surface area contributed by atoms with Crippen LogP contribution in [0.4, 0.5) is 0 Å². The van der Waals surface area contributed by atoms with E-state index in [4.69, 9.17) is 9.94 Å². The molecule has 0 unspecified atom stereocenters. The molecule has 0 atom stereocenters. The van der Waals surface area contributed by atoms with Crippen molar-refractivity contribution in [1.82, 2.24) is 0 Å². The number of nitrogens with zero attached hydrogens (tertiary/aromatic N) is 1. The molecule has 3 nitrogen and oxygen atoms in total. The van der Waals surface area contributed by atoms with Gasteiger partial charge in [-0.25, -0.2) is 0 Å². The maximum Gasteiger partial charge on any atom is 0.124 e. The van der Waals surface area contributed by atoms with Gasteiger partial charge in [-0.2, -0.15) is 0 Å². The minimum absolute atomic E-state index is 0.610. The lowest BCUT2D eigenvalue weighted by Crippen LogP contribution is -1.99. The zero-order valence-corrected chi connectivity index (χ0v) is 8.96. The van der Waals surface area contributed by atoms with Crippen molar-refractivity contribution >= 4 is 5.71 Å². The third-order valence-corrected chi connectivity index (χ3v) is 2.23. The minimum atomic E-state index is 0.610. The lowest BCUT2D eigenvalue weighted by molar-refractivity contribution is 0.319. The molecule has 0 aromatic heterocycles. The van der Waals surface area contributed by atoms with Gasteiger partial charge in [0.1, 0.15) is 5.75 Å². The van der Waals surface area contributed by atoms with Crippen molar-refractivity contribution in [3.05, 3.63) is 28.8 Å². The lowest BCUT2D eigenvalue weighted by atomic mass is 10.0. The number of aryl methyl sites for hydroxylation is 2. The van der Waals surface area contributed by atoms with Crippen LogP contribution >= 0.6 is 0 Å². The molecule has 0 aliphatic heterocycles. The Kier molecular flexibility index (Phi) is 3.12. The normalized spacial score (nSPS) is 11.6. The topological polar surface area (TPSA) is 41.8 Å². The van der Waals surface area contributed by atoms with Gasteiger partial charge in [-0.05, 0) is 49.6 Å². The van der Waals surface area contributed by atoms with E-state index in [-0.39, 0.29) is 0 Å². The van der Waals surface area contributed by atoms with Crippen LogP contribution in [0, 0.1) is 13.8 Å². The summed E-state index contributed by atoms with van der Waals surface area (Å²) in [7, 11) is 1.65. The standard InChI is InChI=1S/C11H15NO2/c1-7-5-10(9(3)12-13)6-8(2)11(7)14-4/h5-6,13H,1-4H3/b12-9+. The summed E-state index contributed by atoms with van der Waals surface area (Å²) in [6.07, 6.45) is 0. The number of hydrogen-bond acceptors (Lipinski definition) is 3. The Labute approximate surface area is 84.0 Å². The van der Waals surface area contributed by atoms with Crippen molar-refractivity contribution in [3.8, 4) is 5.75 Å². The minimum Gasteiger partial charge on any atom is -0.496 e. The second-order valence-electron chi connectivity index (χ2n) is 3.33. The monoisotopic (exact) mass is 193 g/mol. The van der Waals surface area contributed by atoms with E-state index >= 15 is 0 Å². The van der Waals surface area contributed by atoms with E-state index in [2.05, 4.69) is 5.16 Å². The average Bonchev–Trinajstić information content (AvgIpc) is 2.16. The molecule has 1 aromatic carbocycles. The van der Waals surface area contributed by atoms with Crippen LogP contribution in [-0.4, -0.2) is 18.0 Å². The van der Waals surface area contributed by atoms with Crippen LogP contribution in [0.25, 0.3) is 0 Å². The number of oxime groups is 1. The molecule has 0 heterocycles. The highest BCUT2D eigenvalue weighted by atomic mass is 16.5. The summed E-state index contributed by atoms with van der Waals surface area (Å²) in [6.45, 7) is 5.71. The Morgan fingerprint density at radius 1 is 1.29 bits per heavy atom. The zero-order valence-electron chi connectivity index (χ0n) is 8.96. The molecule has 3 heteroatoms. The second kappa shape index (κ2) is 4.13. The van der Waals surface area contributed by atoms with Crippen LogP contribution in [0.1, 0.15) is 23.6 Å². The molecule has 0 aliphatic carbocycles. The molecule has 1 N–H and O–H groups in total. The Balaban J connectivity index is 3.27. The van der Waals surface area contributed by atoms with E-state index < -0.39 is 0 Å². The second-order valence-corrected chi connectivity index (χ2v) is 3.33. The van der Waals surface area contributed by atoms with Crippen LogP contribution < -0.4 is 4.74 Å². The van der Waals surface area contributed by atoms with Gasteiger partial charge in [0.25, 0.3) is 0 Å². The van der Waals surface area contributed by atoms with E-state index in [9.17, 15) is 0 Å². The third-order valence-electron chi connectivity index (χ3n) is 2.23. The molecule has 76 valence electrons. The van der Waals surface area contributed by atoms with Crippen LogP contribution in [0.2, 0.25) is 0 Å². The SMILES string of the molecule is COc1c(C)cc(/C(C)=N/O)cc1C. The van der Waals surface area contributed by atoms with Crippen LogP contribution in [0.3, 0.4) is 0 Å². The van der Waals surface area contributed by atoms with Gasteiger partial charge in [-0.15, -0.1) is 0 Å². The molecule has 14 heavy (non-hydrogen) atoms. The first-order valence-corrected chi connectivity index (χ1v) is 4.44. The van der Waals surface area contributed by atoms with Crippen molar-refractivity contribution in [1.29, 1.82) is 0 Å². The highest BCUT2D eigenvalue weighted by molar-refractivity contribution is 5.98. The summed E-state index contributed by atoms with van der Waals surface area (Å²) >= 11 is 0. The van der Waals surface area contributed by atoms with Crippen LogP contribution in [-0.2, 0) is 0 Å². The first-order valence-electron chi connectivity index (χ1n) is 4.44. The fourth-order valence-corrected chi connectivity index (χ4v) is 1.54. The number of ether oxygens (including phenoxy) is 1. The van der Waals surface area contributed by atoms with Crippen molar-refractivity contribution in [2.75, 3.05) is 7.11 Å². The Hall–Kier alpha value is -1.51. The van der Waals surface area contributed by atoms with Gasteiger partial charge in [0, 0.05) is 0 Å². The predicted molar refractivity (Wildman–Crippen MR) is 56.5 cm³/mol. The highest BCUT2D eigenvalue weighted by Gasteiger charge is 2.06. The van der Waals surface area contributed by atoms with Gasteiger partial charge in [0.15, 0.2) is 0 Å². The van der Waals surface area contributed by atoms with Gasteiger partial charge < -0.3 is 9.94 Å². The summed E-state index contributed by atoms with van der Waals surface area (Å²) in [5.41, 5.74) is 3.62. The summed E-state index contributed by atoms with van der Waals surface area (Å²) in [6, 6.07) is 3.89. The van der Waals surface area contributed by atoms with Crippen molar-refractivity contribution < 1.29 is 9.94 Å². The van der Waals surface area contributed by atoms with E-state index in [1.807, 2.05) is 26.0 Å². The predicted octanol–water partition coefficient (Wildman–Crippen LogP) is 2.51. The van der Waals surface area contributed by atoms with Crippen LogP contribution in [0.15, 0.2) is 17.3 Å². The summed E-state index contributed by atoms with van der Waals surface area (Å²) in [5.74, 6) is 0.888. The van der Waals surface area contributed by atoms with E-state index in [1.54, 1.807) is 14.0 Å². The van der Waals surface area contributed by atoms with Gasteiger partial charge >= 0.3 is 0 Å². The molecule has 1 aromatic rings. The number of hydrogen-bond donors (Lipinski definition) is 1. The summed E-state index contributed by atoms with van der Waals surface area (Å²) in [5, 5.41) is 11.8. The molecule has 0 spiro atoms.